The summed E-state index contributed by atoms with van der Waals surface area (Å²) in [5.41, 5.74) is 2.43. The lowest BCUT2D eigenvalue weighted by molar-refractivity contribution is 0.0277. The lowest BCUT2D eigenvalue weighted by Gasteiger charge is -2.35. The molecule has 0 aliphatic carbocycles. The van der Waals surface area contributed by atoms with E-state index in [0.717, 1.165) is 36.4 Å². The average molecular weight is 352 g/mol. The van der Waals surface area contributed by atoms with Crippen LogP contribution in [0.25, 0.3) is 0 Å². The maximum atomic E-state index is 13.3. The third kappa shape index (κ3) is 4.04. The van der Waals surface area contributed by atoms with Gasteiger partial charge < -0.3 is 10.1 Å². The third-order valence-corrected chi connectivity index (χ3v) is 5.34. The molecule has 0 bridgehead atoms. The highest BCUT2D eigenvalue weighted by molar-refractivity contribution is 6.03. The molecule has 0 spiro atoms. The van der Waals surface area contributed by atoms with Crippen LogP contribution in [0.2, 0.25) is 0 Å². The molecular formula is C22H28N2O2. The lowest BCUT2D eigenvalue weighted by Crippen LogP contribution is -2.50. The van der Waals surface area contributed by atoms with E-state index in [4.69, 9.17) is 4.74 Å². The molecule has 1 N–H and O–H groups in total. The molecule has 0 amide bonds. The predicted octanol–water partition coefficient (Wildman–Crippen LogP) is 3.09. The van der Waals surface area contributed by atoms with Crippen molar-refractivity contribution in [2.45, 2.75) is 25.0 Å². The van der Waals surface area contributed by atoms with Gasteiger partial charge in [0, 0.05) is 18.7 Å². The van der Waals surface area contributed by atoms with E-state index >= 15 is 0 Å². The fourth-order valence-corrected chi connectivity index (χ4v) is 3.37. The number of nitrogens with one attached hydrogen (secondary N) is 1. The van der Waals surface area contributed by atoms with Crippen molar-refractivity contribution in [3.8, 4) is 0 Å². The van der Waals surface area contributed by atoms with Crippen LogP contribution in [0.4, 0.5) is 0 Å². The first-order valence-corrected chi connectivity index (χ1v) is 9.19. The number of likely N-dealkylation sites (N-methyl/N-ethyl adjacent to an activating group) is 1. The first kappa shape index (κ1) is 18.8. The van der Waals surface area contributed by atoms with E-state index in [1.54, 1.807) is 0 Å². The van der Waals surface area contributed by atoms with Crippen LogP contribution in [-0.2, 0) is 11.2 Å². The van der Waals surface area contributed by atoms with E-state index in [1.165, 1.54) is 0 Å². The Morgan fingerprint density at radius 3 is 2.42 bits per heavy atom. The molecule has 1 saturated heterocycles. The summed E-state index contributed by atoms with van der Waals surface area (Å²) in [4.78, 5) is 15.3. The number of morpholine rings is 1. The Hall–Kier alpha value is -2.01. The maximum absolute atomic E-state index is 13.3. The molecule has 3 rings (SSSR count). The van der Waals surface area contributed by atoms with Gasteiger partial charge in [0.2, 0.25) is 0 Å². The first-order chi connectivity index (χ1) is 12.5. The average Bonchev–Trinajstić information content (AvgIpc) is 2.69. The van der Waals surface area contributed by atoms with Gasteiger partial charge in [0.05, 0.1) is 18.2 Å². The molecule has 1 aliphatic rings. The van der Waals surface area contributed by atoms with Crippen molar-refractivity contribution in [3.63, 3.8) is 0 Å². The first-order valence-electron chi connectivity index (χ1n) is 9.19. The second-order valence-electron chi connectivity index (χ2n) is 7.35. The number of carbonyl (C=O) groups is 1. The summed E-state index contributed by atoms with van der Waals surface area (Å²) in [6, 6.07) is 18.1. The maximum Gasteiger partial charge on any atom is 0.183 e. The number of rotatable bonds is 6. The van der Waals surface area contributed by atoms with Gasteiger partial charge >= 0.3 is 0 Å². The lowest BCUT2D eigenvalue weighted by atomic mass is 9.84. The van der Waals surface area contributed by atoms with E-state index in [0.29, 0.717) is 6.42 Å². The molecule has 138 valence electrons. The number of hydrogen-bond acceptors (Lipinski definition) is 4. The summed E-state index contributed by atoms with van der Waals surface area (Å²) in [7, 11) is 3.94. The molecule has 4 heteroatoms. The minimum Gasteiger partial charge on any atom is -0.371 e. The summed E-state index contributed by atoms with van der Waals surface area (Å²) >= 11 is 0. The smallest absolute Gasteiger partial charge is 0.183 e. The quantitative estimate of drug-likeness (QED) is 0.811. The number of carbonyl (C=O) groups excluding carboxylic acids is 1. The molecule has 26 heavy (non-hydrogen) atoms. The van der Waals surface area contributed by atoms with E-state index in [9.17, 15) is 4.79 Å². The SMILES string of the molecule is CN(C)C(C)(Cc1ccccc1)C(=O)c1ccc(C2CNCCO2)cc1. The molecule has 1 fully saturated rings. The van der Waals surface area contributed by atoms with Gasteiger partial charge in [-0.2, -0.15) is 0 Å². The highest BCUT2D eigenvalue weighted by Gasteiger charge is 2.36. The summed E-state index contributed by atoms with van der Waals surface area (Å²) in [5.74, 6) is 0.139. The number of Topliss-reactive ketones (excluding diaryl/α,β-unsaturated/α-hetero) is 1. The summed E-state index contributed by atoms with van der Waals surface area (Å²) in [6.45, 7) is 4.45. The Morgan fingerprint density at radius 1 is 1.15 bits per heavy atom. The predicted molar refractivity (Wildman–Crippen MR) is 105 cm³/mol. The van der Waals surface area contributed by atoms with Gasteiger partial charge in [-0.1, -0.05) is 54.6 Å². The molecule has 4 nitrogen and oxygen atoms in total. The van der Waals surface area contributed by atoms with E-state index in [1.807, 2.05) is 68.4 Å². The Bertz CT molecular complexity index is 722. The Labute approximate surface area is 156 Å². The largest absolute Gasteiger partial charge is 0.371 e. The van der Waals surface area contributed by atoms with Crippen LogP contribution in [0.5, 0.6) is 0 Å². The molecule has 0 radical (unpaired) electrons. The molecule has 0 saturated carbocycles. The van der Waals surface area contributed by atoms with Crippen molar-refractivity contribution in [2.24, 2.45) is 0 Å². The van der Waals surface area contributed by atoms with Crippen molar-refractivity contribution in [1.29, 1.82) is 0 Å². The molecular weight excluding hydrogens is 324 g/mol. The minimum absolute atomic E-state index is 0.0671. The fraction of sp³-hybridized carbons (Fsp3) is 0.409. The van der Waals surface area contributed by atoms with Crippen LogP contribution in [-0.4, -0.2) is 50.0 Å². The van der Waals surface area contributed by atoms with Crippen LogP contribution in [0, 0.1) is 0 Å². The zero-order chi connectivity index (χ0) is 18.6. The zero-order valence-electron chi connectivity index (χ0n) is 15.9. The molecule has 1 heterocycles. The van der Waals surface area contributed by atoms with E-state index in [-0.39, 0.29) is 11.9 Å². The van der Waals surface area contributed by atoms with Crippen LogP contribution in [0.3, 0.4) is 0 Å². The van der Waals surface area contributed by atoms with Gasteiger partial charge in [-0.25, -0.2) is 0 Å². The number of ketones is 1. The Morgan fingerprint density at radius 2 is 1.85 bits per heavy atom. The molecule has 2 atom stereocenters. The topological polar surface area (TPSA) is 41.6 Å². The van der Waals surface area contributed by atoms with Crippen molar-refractivity contribution >= 4 is 5.78 Å². The second-order valence-corrected chi connectivity index (χ2v) is 7.35. The van der Waals surface area contributed by atoms with Gasteiger partial charge in [0.15, 0.2) is 5.78 Å². The fourth-order valence-electron chi connectivity index (χ4n) is 3.37. The summed E-state index contributed by atoms with van der Waals surface area (Å²) in [6.07, 6.45) is 0.745. The standard InChI is InChI=1S/C22H28N2O2/c1-22(24(2)3,15-17-7-5-4-6-8-17)21(25)19-11-9-18(10-12-19)20-16-23-13-14-26-20/h4-12,20,23H,13-16H2,1-3H3. The highest BCUT2D eigenvalue weighted by Crippen LogP contribution is 2.25. The normalized spacial score (nSPS) is 19.9. The number of hydrogen-bond donors (Lipinski definition) is 1. The van der Waals surface area contributed by atoms with E-state index < -0.39 is 5.54 Å². The van der Waals surface area contributed by atoms with Gasteiger partial charge in [0.25, 0.3) is 0 Å². The van der Waals surface area contributed by atoms with Crippen molar-refractivity contribution in [1.82, 2.24) is 10.2 Å². The second kappa shape index (κ2) is 8.12. The molecule has 1 aliphatic heterocycles. The Kier molecular flexibility index (Phi) is 5.87. The minimum atomic E-state index is -0.592. The van der Waals surface area contributed by atoms with Crippen molar-refractivity contribution in [2.75, 3.05) is 33.8 Å². The monoisotopic (exact) mass is 352 g/mol. The summed E-state index contributed by atoms with van der Waals surface area (Å²) in [5, 5.41) is 3.34. The van der Waals surface area contributed by atoms with Crippen molar-refractivity contribution in [3.05, 3.63) is 71.3 Å². The third-order valence-electron chi connectivity index (χ3n) is 5.34. The molecule has 2 unspecified atom stereocenters. The number of benzene rings is 2. The van der Waals surface area contributed by atoms with Gasteiger partial charge in [0.1, 0.15) is 0 Å². The van der Waals surface area contributed by atoms with Crippen LogP contribution < -0.4 is 5.32 Å². The van der Waals surface area contributed by atoms with Gasteiger partial charge in [-0.05, 0) is 38.6 Å². The zero-order valence-corrected chi connectivity index (χ0v) is 15.9. The van der Waals surface area contributed by atoms with Gasteiger partial charge in [-0.3, -0.25) is 9.69 Å². The number of ether oxygens (including phenoxy) is 1. The summed E-state index contributed by atoms with van der Waals surface area (Å²) < 4.78 is 5.79. The van der Waals surface area contributed by atoms with E-state index in [2.05, 4.69) is 17.4 Å². The molecule has 2 aromatic carbocycles. The van der Waals surface area contributed by atoms with Crippen LogP contribution >= 0.6 is 0 Å². The van der Waals surface area contributed by atoms with Crippen LogP contribution in [0.1, 0.15) is 34.5 Å². The number of nitrogens with zero attached hydrogens (tertiary/aromatic N) is 1. The van der Waals surface area contributed by atoms with Gasteiger partial charge in [-0.15, -0.1) is 0 Å². The van der Waals surface area contributed by atoms with Crippen molar-refractivity contribution < 1.29 is 9.53 Å². The Balaban J connectivity index is 1.80. The highest BCUT2D eigenvalue weighted by atomic mass is 16.5. The molecule has 0 aromatic heterocycles. The van der Waals surface area contributed by atoms with Crippen LogP contribution in [0.15, 0.2) is 54.6 Å². The molecule has 2 aromatic rings.